The second-order valence-corrected chi connectivity index (χ2v) is 8.45. The average molecular weight is 495 g/mol. The summed E-state index contributed by atoms with van der Waals surface area (Å²) in [7, 11) is 2.11. The van der Waals surface area contributed by atoms with Crippen LogP contribution in [0.15, 0.2) is 22.8 Å². The first-order valence-electron chi connectivity index (χ1n) is 9.40. The van der Waals surface area contributed by atoms with Gasteiger partial charge in [-0.3, -0.25) is 0 Å². The van der Waals surface area contributed by atoms with E-state index in [-0.39, 0.29) is 5.02 Å². The molecule has 2 N–H and O–H groups in total. The Morgan fingerprint density at radius 1 is 1.20 bits per heavy atom. The number of H-pyrrole nitrogens is 1. The highest BCUT2D eigenvalue weighted by Gasteiger charge is 2.20. The molecule has 0 bridgehead atoms. The number of benzene rings is 1. The number of hydrogen-bond acceptors (Lipinski definition) is 7. The summed E-state index contributed by atoms with van der Waals surface area (Å²) in [5.74, 6) is 1.33. The molecule has 1 aliphatic rings. The normalized spacial score (nSPS) is 15.4. The van der Waals surface area contributed by atoms with Crippen LogP contribution in [0.4, 0.5) is 16.3 Å². The van der Waals surface area contributed by atoms with Gasteiger partial charge in [0.1, 0.15) is 11.6 Å². The van der Waals surface area contributed by atoms with E-state index < -0.39 is 5.82 Å². The Morgan fingerprint density at radius 3 is 2.80 bits per heavy atom. The van der Waals surface area contributed by atoms with Crippen LogP contribution in [0.2, 0.25) is 5.02 Å². The zero-order chi connectivity index (χ0) is 20.8. The van der Waals surface area contributed by atoms with E-state index in [1.165, 1.54) is 12.1 Å². The van der Waals surface area contributed by atoms with E-state index in [1.54, 1.807) is 10.7 Å². The molecule has 0 radical (unpaired) electrons. The van der Waals surface area contributed by atoms with E-state index in [2.05, 4.69) is 58.1 Å². The summed E-state index contributed by atoms with van der Waals surface area (Å²) in [6.07, 6.45) is 1.69. The van der Waals surface area contributed by atoms with Crippen LogP contribution in [0.25, 0.3) is 16.7 Å². The van der Waals surface area contributed by atoms with E-state index >= 15 is 0 Å². The predicted molar refractivity (Wildman–Crippen MR) is 117 cm³/mol. The Labute approximate surface area is 184 Å². The Bertz CT molecular complexity index is 1190. The monoisotopic (exact) mass is 493 g/mol. The van der Waals surface area contributed by atoms with Gasteiger partial charge in [-0.25, -0.2) is 9.37 Å². The van der Waals surface area contributed by atoms with E-state index in [1.807, 2.05) is 0 Å². The predicted octanol–water partition coefficient (Wildman–Crippen LogP) is 2.92. The van der Waals surface area contributed by atoms with Crippen molar-refractivity contribution in [3.05, 3.63) is 39.5 Å². The minimum Gasteiger partial charge on any atom is -0.347 e. The second kappa shape index (κ2) is 7.64. The van der Waals surface area contributed by atoms with Crippen LogP contribution in [-0.2, 0) is 6.54 Å². The lowest BCUT2D eigenvalue weighted by Gasteiger charge is -2.32. The Kier molecular flexibility index (Phi) is 4.95. The van der Waals surface area contributed by atoms with Gasteiger partial charge in [-0.15, -0.1) is 0 Å². The Morgan fingerprint density at radius 2 is 2.00 bits per heavy atom. The molecule has 4 aromatic rings. The van der Waals surface area contributed by atoms with Gasteiger partial charge in [-0.1, -0.05) is 11.6 Å². The molecule has 1 saturated heterocycles. The van der Waals surface area contributed by atoms with Crippen molar-refractivity contribution >= 4 is 56.1 Å². The highest BCUT2D eigenvalue weighted by Crippen LogP contribution is 2.24. The van der Waals surface area contributed by atoms with Crippen LogP contribution in [-0.4, -0.2) is 67.7 Å². The molecule has 1 fully saturated rings. The zero-order valence-corrected chi connectivity index (χ0v) is 18.4. The molecular weight excluding hydrogens is 477 g/mol. The number of anilines is 2. The molecule has 1 aliphatic heterocycles. The molecule has 0 amide bonds. The fraction of sp³-hybridized carbons (Fsp3) is 0.333. The number of nitrogens with one attached hydrogen (secondary N) is 2. The highest BCUT2D eigenvalue weighted by atomic mass is 79.9. The van der Waals surface area contributed by atoms with Crippen LogP contribution < -0.4 is 10.2 Å². The van der Waals surface area contributed by atoms with Crippen LogP contribution in [0, 0.1) is 5.82 Å². The average Bonchev–Trinajstić information content (AvgIpc) is 3.30. The number of nitrogens with zero attached hydrogens (tertiary/aromatic N) is 7. The maximum atomic E-state index is 13.7. The smallest absolute Gasteiger partial charge is 0.230 e. The number of likely N-dealkylation sites (N-methyl/N-ethyl adjacent to an activating group) is 1. The molecule has 0 atom stereocenters. The van der Waals surface area contributed by atoms with Gasteiger partial charge in [0.15, 0.2) is 5.65 Å². The van der Waals surface area contributed by atoms with Gasteiger partial charge in [0.25, 0.3) is 0 Å². The Hall–Kier alpha value is -2.50. The van der Waals surface area contributed by atoms with Crippen LogP contribution in [0.1, 0.15) is 5.82 Å². The van der Waals surface area contributed by atoms with Crippen molar-refractivity contribution < 1.29 is 4.39 Å². The van der Waals surface area contributed by atoms with Crippen LogP contribution in [0.5, 0.6) is 0 Å². The van der Waals surface area contributed by atoms with Gasteiger partial charge < -0.3 is 20.1 Å². The molecular formula is C18H18BrClFN9. The molecule has 0 unspecified atom stereocenters. The molecule has 5 rings (SSSR count). The standard InChI is InChI=1S/C18H18BrClFN9/c1-28-2-4-29(5-3-28)18-26-16-10(19)8-23-30(16)17(27-18)22-9-15-24-13-6-11(20)12(21)7-14(13)25-15/h6-8H,2-5,9H2,1H3,(H,24,25)(H,22,26,27). The largest absolute Gasteiger partial charge is 0.347 e. The van der Waals surface area contributed by atoms with Gasteiger partial charge in [0.2, 0.25) is 11.9 Å². The SMILES string of the molecule is CN1CCN(c2nc(NCc3nc4cc(F)c(Cl)cc4[nH]3)n3ncc(Br)c3n2)CC1. The van der Waals surface area contributed by atoms with Crippen molar-refractivity contribution in [2.24, 2.45) is 0 Å². The summed E-state index contributed by atoms with van der Waals surface area (Å²) in [5.41, 5.74) is 1.87. The van der Waals surface area contributed by atoms with E-state index in [0.29, 0.717) is 40.9 Å². The molecule has 4 heterocycles. The number of rotatable bonds is 4. The summed E-state index contributed by atoms with van der Waals surface area (Å²) in [6.45, 7) is 3.97. The number of imidazole rings is 1. The molecule has 3 aromatic heterocycles. The fourth-order valence-electron chi connectivity index (χ4n) is 3.41. The minimum absolute atomic E-state index is 0.0568. The molecule has 9 nitrogen and oxygen atoms in total. The van der Waals surface area contributed by atoms with Crippen molar-refractivity contribution in [1.29, 1.82) is 0 Å². The van der Waals surface area contributed by atoms with Gasteiger partial charge >= 0.3 is 0 Å². The number of piperazine rings is 1. The number of fused-ring (bicyclic) bond motifs is 2. The lowest BCUT2D eigenvalue weighted by Crippen LogP contribution is -2.45. The van der Waals surface area contributed by atoms with Crippen LogP contribution >= 0.6 is 27.5 Å². The number of aromatic nitrogens is 6. The maximum absolute atomic E-state index is 13.7. The summed E-state index contributed by atoms with van der Waals surface area (Å²) >= 11 is 9.37. The summed E-state index contributed by atoms with van der Waals surface area (Å²) in [6, 6.07) is 2.85. The molecule has 0 spiro atoms. The van der Waals surface area contributed by atoms with Crippen molar-refractivity contribution in [3.63, 3.8) is 0 Å². The number of aromatic amines is 1. The highest BCUT2D eigenvalue weighted by molar-refractivity contribution is 9.10. The summed E-state index contributed by atoms with van der Waals surface area (Å²) in [5, 5.41) is 7.68. The number of halogens is 3. The molecule has 156 valence electrons. The topological polar surface area (TPSA) is 90.3 Å². The lowest BCUT2D eigenvalue weighted by atomic mass is 10.3. The third-order valence-electron chi connectivity index (χ3n) is 5.09. The third kappa shape index (κ3) is 3.57. The van der Waals surface area contributed by atoms with Crippen molar-refractivity contribution in [1.82, 2.24) is 34.4 Å². The minimum atomic E-state index is -0.495. The first kappa shape index (κ1) is 19.5. The molecule has 0 saturated carbocycles. The van der Waals surface area contributed by atoms with Gasteiger partial charge in [0, 0.05) is 32.2 Å². The molecule has 30 heavy (non-hydrogen) atoms. The Balaban J connectivity index is 1.44. The lowest BCUT2D eigenvalue weighted by molar-refractivity contribution is 0.311. The summed E-state index contributed by atoms with van der Waals surface area (Å²) in [4.78, 5) is 21.4. The van der Waals surface area contributed by atoms with E-state index in [9.17, 15) is 4.39 Å². The van der Waals surface area contributed by atoms with Gasteiger partial charge in [-0.05, 0) is 29.0 Å². The van der Waals surface area contributed by atoms with Crippen molar-refractivity contribution in [2.75, 3.05) is 43.4 Å². The number of hydrogen-bond donors (Lipinski definition) is 2. The van der Waals surface area contributed by atoms with Gasteiger partial charge in [-0.2, -0.15) is 19.6 Å². The van der Waals surface area contributed by atoms with Crippen molar-refractivity contribution in [3.8, 4) is 0 Å². The van der Waals surface area contributed by atoms with Crippen molar-refractivity contribution in [2.45, 2.75) is 6.54 Å². The van der Waals surface area contributed by atoms with Crippen LogP contribution in [0.3, 0.4) is 0 Å². The maximum Gasteiger partial charge on any atom is 0.230 e. The first-order valence-corrected chi connectivity index (χ1v) is 10.6. The molecule has 0 aliphatic carbocycles. The van der Waals surface area contributed by atoms with Gasteiger partial charge in [0.05, 0.1) is 33.3 Å². The summed E-state index contributed by atoms with van der Waals surface area (Å²) < 4.78 is 16.1. The molecule has 12 heteroatoms. The quantitative estimate of drug-likeness (QED) is 0.451. The van der Waals surface area contributed by atoms with E-state index in [0.717, 1.165) is 30.7 Å². The zero-order valence-electron chi connectivity index (χ0n) is 16.0. The fourth-order valence-corrected chi connectivity index (χ4v) is 3.92. The molecule has 1 aromatic carbocycles. The third-order valence-corrected chi connectivity index (χ3v) is 5.94. The second-order valence-electron chi connectivity index (χ2n) is 7.19. The van der Waals surface area contributed by atoms with E-state index in [4.69, 9.17) is 16.6 Å². The first-order chi connectivity index (χ1) is 14.5.